The first-order valence-electron chi connectivity index (χ1n) is 12.7. The van der Waals surface area contributed by atoms with Gasteiger partial charge < -0.3 is 20.1 Å². The maximum atomic E-state index is 14.0. The molecule has 1 aliphatic rings. The van der Waals surface area contributed by atoms with Crippen LogP contribution in [0.3, 0.4) is 0 Å². The Kier molecular flexibility index (Phi) is 8.07. The van der Waals surface area contributed by atoms with Gasteiger partial charge in [-0.15, -0.1) is 6.58 Å². The van der Waals surface area contributed by atoms with Crippen LogP contribution in [0, 0.1) is 22.7 Å². The topological polar surface area (TPSA) is 122 Å². The van der Waals surface area contributed by atoms with Crippen molar-refractivity contribution in [1.29, 1.82) is 5.26 Å². The third kappa shape index (κ3) is 5.66. The van der Waals surface area contributed by atoms with Crippen molar-refractivity contribution in [1.82, 2.24) is 19.8 Å². The Morgan fingerprint density at radius 3 is 2.67 bits per heavy atom. The van der Waals surface area contributed by atoms with Crippen LogP contribution in [0.15, 0.2) is 61.3 Å². The van der Waals surface area contributed by atoms with Crippen molar-refractivity contribution < 1.29 is 14.4 Å². The second kappa shape index (κ2) is 11.3. The van der Waals surface area contributed by atoms with Crippen LogP contribution < -0.4 is 5.32 Å². The first-order valence-corrected chi connectivity index (χ1v) is 13.1. The van der Waals surface area contributed by atoms with Gasteiger partial charge in [-0.3, -0.25) is 14.4 Å². The maximum absolute atomic E-state index is 14.0. The van der Waals surface area contributed by atoms with E-state index in [1.54, 1.807) is 49.6 Å². The number of pyridine rings is 1. The minimum Gasteiger partial charge on any atom is -0.335 e. The van der Waals surface area contributed by atoms with Crippen molar-refractivity contribution >= 4 is 46.0 Å². The molecule has 9 nitrogen and oxygen atoms in total. The van der Waals surface area contributed by atoms with E-state index < -0.39 is 17.5 Å². The van der Waals surface area contributed by atoms with Gasteiger partial charge in [-0.2, -0.15) is 5.26 Å². The maximum Gasteiger partial charge on any atom is 0.270 e. The van der Waals surface area contributed by atoms with Crippen molar-refractivity contribution in [3.63, 3.8) is 0 Å². The SMILES string of the molecule is C=C[C@]1(C(=O)Nc2ccc(Cl)cc2)C[C@@H](C#N)N(C(=O)[C@H](CC(C)C)N(C)C(=O)c2cc3cccnc3[nH]2)C1. The van der Waals surface area contributed by atoms with Gasteiger partial charge in [0.25, 0.3) is 5.91 Å². The molecule has 0 unspecified atom stereocenters. The summed E-state index contributed by atoms with van der Waals surface area (Å²) in [6, 6.07) is 12.5. The second-order valence-electron chi connectivity index (χ2n) is 10.3. The van der Waals surface area contributed by atoms with E-state index in [-0.39, 0.29) is 36.6 Å². The van der Waals surface area contributed by atoms with Crippen LogP contribution in [0.1, 0.15) is 37.2 Å². The number of fused-ring (bicyclic) bond motifs is 1. The summed E-state index contributed by atoms with van der Waals surface area (Å²) in [5.41, 5.74) is 0.254. The smallest absolute Gasteiger partial charge is 0.270 e. The quantitative estimate of drug-likeness (QED) is 0.399. The molecule has 0 spiro atoms. The highest BCUT2D eigenvalue weighted by Crippen LogP contribution is 2.38. The standard InChI is InChI=1S/C29H31ClN6O3/c1-5-29(28(39)33-21-10-8-20(30)9-11-21)15-22(16-31)36(17-29)27(38)24(13-18(2)3)35(4)26(37)23-14-19-7-6-12-32-25(19)34-23/h5-12,14,18,22,24H,1,13,15,17H2,2-4H3,(H,32,34)(H,33,39)/t22-,24-,29-/m0/s1. The van der Waals surface area contributed by atoms with Gasteiger partial charge in [-0.25, -0.2) is 4.98 Å². The highest BCUT2D eigenvalue weighted by molar-refractivity contribution is 6.30. The number of rotatable bonds is 8. The first kappa shape index (κ1) is 27.9. The van der Waals surface area contributed by atoms with E-state index in [0.29, 0.717) is 28.5 Å². The third-order valence-electron chi connectivity index (χ3n) is 7.15. The monoisotopic (exact) mass is 546 g/mol. The molecule has 0 radical (unpaired) electrons. The zero-order chi connectivity index (χ0) is 28.3. The van der Waals surface area contributed by atoms with Crippen LogP contribution in [0.5, 0.6) is 0 Å². The van der Waals surface area contributed by atoms with Gasteiger partial charge in [0.1, 0.15) is 23.4 Å². The van der Waals surface area contributed by atoms with E-state index in [1.165, 1.54) is 15.9 Å². The summed E-state index contributed by atoms with van der Waals surface area (Å²) in [6.07, 6.45) is 3.61. The highest BCUT2D eigenvalue weighted by Gasteiger charge is 2.51. The van der Waals surface area contributed by atoms with Gasteiger partial charge in [0.2, 0.25) is 11.8 Å². The van der Waals surface area contributed by atoms with Crippen LogP contribution in [0.4, 0.5) is 5.69 Å². The summed E-state index contributed by atoms with van der Waals surface area (Å²) in [5, 5.41) is 14.1. The molecular weight excluding hydrogens is 516 g/mol. The van der Waals surface area contributed by atoms with E-state index in [9.17, 15) is 19.6 Å². The average Bonchev–Trinajstić information content (AvgIpc) is 3.54. The van der Waals surface area contributed by atoms with E-state index in [1.807, 2.05) is 19.9 Å². The number of halogens is 1. The molecule has 3 atom stereocenters. The molecule has 0 bridgehead atoms. The predicted molar refractivity (Wildman–Crippen MR) is 150 cm³/mol. The lowest BCUT2D eigenvalue weighted by Crippen LogP contribution is -2.51. The van der Waals surface area contributed by atoms with Crippen LogP contribution in [0.2, 0.25) is 5.02 Å². The number of anilines is 1. The molecule has 3 aromatic rings. The number of carbonyl (C=O) groups is 3. The lowest BCUT2D eigenvalue weighted by Gasteiger charge is -2.33. The number of hydrogen-bond acceptors (Lipinski definition) is 5. The van der Waals surface area contributed by atoms with Gasteiger partial charge in [-0.05, 0) is 54.8 Å². The fraction of sp³-hybridized carbons (Fsp3) is 0.345. The van der Waals surface area contributed by atoms with E-state index >= 15 is 0 Å². The van der Waals surface area contributed by atoms with E-state index in [4.69, 9.17) is 11.6 Å². The largest absolute Gasteiger partial charge is 0.335 e. The van der Waals surface area contributed by atoms with Crippen LogP contribution in [-0.4, -0.2) is 63.2 Å². The molecule has 1 aromatic carbocycles. The lowest BCUT2D eigenvalue weighted by molar-refractivity contribution is -0.136. The summed E-state index contributed by atoms with van der Waals surface area (Å²) >= 11 is 5.95. The fourth-order valence-corrected chi connectivity index (χ4v) is 5.07. The van der Waals surface area contributed by atoms with E-state index in [2.05, 4.69) is 27.9 Å². The minimum absolute atomic E-state index is 0.0279. The van der Waals surface area contributed by atoms with Gasteiger partial charge >= 0.3 is 0 Å². The van der Waals surface area contributed by atoms with Crippen LogP contribution >= 0.6 is 11.6 Å². The van der Waals surface area contributed by atoms with Crippen molar-refractivity contribution in [2.75, 3.05) is 18.9 Å². The lowest BCUT2D eigenvalue weighted by atomic mass is 9.84. The zero-order valence-electron chi connectivity index (χ0n) is 22.1. The number of benzene rings is 1. The van der Waals surface area contributed by atoms with Crippen molar-refractivity contribution in [2.45, 2.75) is 38.8 Å². The van der Waals surface area contributed by atoms with Gasteiger partial charge in [0.15, 0.2) is 0 Å². The van der Waals surface area contributed by atoms with Gasteiger partial charge in [0, 0.05) is 42.3 Å². The molecule has 1 fully saturated rings. The molecular formula is C29H31ClN6O3. The van der Waals surface area contributed by atoms with E-state index in [0.717, 1.165) is 5.39 Å². The van der Waals surface area contributed by atoms with Gasteiger partial charge in [-0.1, -0.05) is 31.5 Å². The molecule has 1 saturated heterocycles. The van der Waals surface area contributed by atoms with Crippen molar-refractivity contribution in [2.24, 2.45) is 11.3 Å². The summed E-state index contributed by atoms with van der Waals surface area (Å²) in [6.45, 7) is 7.77. The average molecular weight is 547 g/mol. The molecule has 3 amide bonds. The van der Waals surface area contributed by atoms with Crippen molar-refractivity contribution in [3.8, 4) is 6.07 Å². The Morgan fingerprint density at radius 2 is 2.05 bits per heavy atom. The number of aromatic amines is 1. The number of H-pyrrole nitrogens is 1. The minimum atomic E-state index is -1.18. The number of hydrogen-bond donors (Lipinski definition) is 2. The number of nitriles is 1. The summed E-state index contributed by atoms with van der Waals surface area (Å²) < 4.78 is 0. The number of aromatic nitrogens is 2. The Hall–Kier alpha value is -4.16. The summed E-state index contributed by atoms with van der Waals surface area (Å²) in [5.74, 6) is -1.04. The normalized spacial score (nSPS) is 19.5. The Balaban J connectivity index is 1.59. The molecule has 2 aromatic heterocycles. The molecule has 0 saturated carbocycles. The fourth-order valence-electron chi connectivity index (χ4n) is 4.94. The number of nitrogens with zero attached hydrogens (tertiary/aromatic N) is 4. The number of carbonyl (C=O) groups excluding carboxylic acids is 3. The predicted octanol–water partition coefficient (Wildman–Crippen LogP) is 4.64. The molecule has 202 valence electrons. The molecule has 4 rings (SSSR count). The van der Waals surface area contributed by atoms with Crippen LogP contribution in [0.25, 0.3) is 11.0 Å². The number of amides is 3. The first-order chi connectivity index (χ1) is 18.6. The molecule has 1 aliphatic heterocycles. The molecule has 39 heavy (non-hydrogen) atoms. The molecule has 0 aliphatic carbocycles. The zero-order valence-corrected chi connectivity index (χ0v) is 22.9. The van der Waals surface area contributed by atoms with Crippen molar-refractivity contribution in [3.05, 3.63) is 72.0 Å². The Labute approximate surface area is 232 Å². The molecule has 3 heterocycles. The van der Waals surface area contributed by atoms with Gasteiger partial charge in [0.05, 0.1) is 11.5 Å². The highest BCUT2D eigenvalue weighted by atomic mass is 35.5. The van der Waals surface area contributed by atoms with Crippen LogP contribution in [-0.2, 0) is 9.59 Å². The Bertz CT molecular complexity index is 1410. The number of likely N-dealkylation sites (tertiary alicyclic amines) is 1. The second-order valence-corrected chi connectivity index (χ2v) is 10.8. The number of nitrogens with one attached hydrogen (secondary N) is 2. The summed E-state index contributed by atoms with van der Waals surface area (Å²) in [7, 11) is 1.58. The summed E-state index contributed by atoms with van der Waals surface area (Å²) in [4.78, 5) is 51.0. The Morgan fingerprint density at radius 1 is 1.33 bits per heavy atom. The molecule has 2 N–H and O–H groups in total. The number of likely N-dealkylation sites (N-methyl/N-ethyl adjacent to an activating group) is 1. The third-order valence-corrected chi connectivity index (χ3v) is 7.41. The molecule has 10 heteroatoms.